The molecule has 0 saturated carbocycles. The van der Waals surface area contributed by atoms with Crippen molar-refractivity contribution < 1.29 is 0 Å². The fourth-order valence-electron chi connectivity index (χ4n) is 2.89. The molecular weight excluding hydrogens is 302 g/mol. The highest BCUT2D eigenvalue weighted by Crippen LogP contribution is 2.30. The molecule has 3 aromatic heterocycles. The first-order valence-electron chi connectivity index (χ1n) is 8.35. The molecule has 0 aliphatic rings. The maximum absolute atomic E-state index is 4.79. The zero-order valence-corrected chi connectivity index (χ0v) is 15.5. The van der Waals surface area contributed by atoms with Crippen LogP contribution < -0.4 is 5.32 Å². The molecule has 24 heavy (non-hydrogen) atoms. The van der Waals surface area contributed by atoms with Gasteiger partial charge < -0.3 is 5.32 Å². The van der Waals surface area contributed by atoms with Gasteiger partial charge in [-0.05, 0) is 27.7 Å². The second-order valence-corrected chi connectivity index (χ2v) is 6.48. The number of fused-ring (bicyclic) bond motifs is 1. The SMILES string of the molecule is CCn1nc(C)c2nc(C(C)C)nc(Nc3c(C)nn(C)c3C)c21. The fraction of sp³-hybridized carbons (Fsp3) is 0.529. The zero-order chi connectivity index (χ0) is 17.6. The average Bonchev–Trinajstić information content (AvgIpc) is 2.98. The molecule has 0 atom stereocenters. The molecule has 0 saturated heterocycles. The summed E-state index contributed by atoms with van der Waals surface area (Å²) in [6, 6.07) is 0. The van der Waals surface area contributed by atoms with Gasteiger partial charge in [0.2, 0.25) is 0 Å². The van der Waals surface area contributed by atoms with Gasteiger partial charge in [-0.1, -0.05) is 13.8 Å². The zero-order valence-electron chi connectivity index (χ0n) is 15.5. The number of aryl methyl sites for hydroxylation is 4. The lowest BCUT2D eigenvalue weighted by Gasteiger charge is -2.12. The van der Waals surface area contributed by atoms with E-state index in [4.69, 9.17) is 9.97 Å². The molecule has 7 heteroatoms. The van der Waals surface area contributed by atoms with Crippen molar-refractivity contribution in [1.29, 1.82) is 0 Å². The molecule has 0 aromatic carbocycles. The van der Waals surface area contributed by atoms with E-state index < -0.39 is 0 Å². The first-order chi connectivity index (χ1) is 11.3. The third-order valence-electron chi connectivity index (χ3n) is 4.34. The van der Waals surface area contributed by atoms with E-state index in [-0.39, 0.29) is 5.92 Å². The average molecular weight is 327 g/mol. The second kappa shape index (κ2) is 5.89. The molecule has 0 spiro atoms. The quantitative estimate of drug-likeness (QED) is 0.795. The number of anilines is 2. The Hall–Kier alpha value is -2.44. The third-order valence-corrected chi connectivity index (χ3v) is 4.34. The van der Waals surface area contributed by atoms with Crippen LogP contribution >= 0.6 is 0 Å². The molecule has 3 aromatic rings. The molecule has 0 aliphatic carbocycles. The molecule has 128 valence electrons. The van der Waals surface area contributed by atoms with Gasteiger partial charge in [0, 0.05) is 19.5 Å². The summed E-state index contributed by atoms with van der Waals surface area (Å²) in [5.74, 6) is 1.86. The van der Waals surface area contributed by atoms with Gasteiger partial charge in [-0.3, -0.25) is 9.36 Å². The summed E-state index contributed by atoms with van der Waals surface area (Å²) >= 11 is 0. The maximum atomic E-state index is 4.79. The Morgan fingerprint density at radius 2 is 1.75 bits per heavy atom. The van der Waals surface area contributed by atoms with Crippen molar-refractivity contribution in [3.05, 3.63) is 22.9 Å². The fourth-order valence-corrected chi connectivity index (χ4v) is 2.89. The van der Waals surface area contributed by atoms with Gasteiger partial charge in [0.1, 0.15) is 16.9 Å². The van der Waals surface area contributed by atoms with E-state index in [1.54, 1.807) is 0 Å². The van der Waals surface area contributed by atoms with Crippen LogP contribution in [0.3, 0.4) is 0 Å². The normalized spacial score (nSPS) is 11.7. The van der Waals surface area contributed by atoms with E-state index in [0.29, 0.717) is 0 Å². The molecule has 0 unspecified atom stereocenters. The van der Waals surface area contributed by atoms with Crippen LogP contribution in [0.1, 0.15) is 49.6 Å². The van der Waals surface area contributed by atoms with Crippen LogP contribution in [0.4, 0.5) is 11.5 Å². The van der Waals surface area contributed by atoms with E-state index in [9.17, 15) is 0 Å². The van der Waals surface area contributed by atoms with Crippen LogP contribution in [0.5, 0.6) is 0 Å². The van der Waals surface area contributed by atoms with Gasteiger partial charge >= 0.3 is 0 Å². The maximum Gasteiger partial charge on any atom is 0.160 e. The van der Waals surface area contributed by atoms with Crippen LogP contribution in [0.15, 0.2) is 0 Å². The number of aromatic nitrogens is 6. The summed E-state index contributed by atoms with van der Waals surface area (Å²) in [4.78, 5) is 9.53. The molecule has 0 fully saturated rings. The number of nitrogens with zero attached hydrogens (tertiary/aromatic N) is 6. The van der Waals surface area contributed by atoms with Crippen LogP contribution in [0.2, 0.25) is 0 Å². The van der Waals surface area contributed by atoms with E-state index in [2.05, 4.69) is 36.3 Å². The minimum Gasteiger partial charge on any atom is -0.335 e. The molecule has 3 heterocycles. The predicted molar refractivity (Wildman–Crippen MR) is 95.8 cm³/mol. The van der Waals surface area contributed by atoms with Gasteiger partial charge in [0.05, 0.1) is 22.8 Å². The van der Waals surface area contributed by atoms with Crippen molar-refractivity contribution in [2.45, 2.75) is 54.0 Å². The van der Waals surface area contributed by atoms with Crippen molar-refractivity contribution in [3.8, 4) is 0 Å². The highest BCUT2D eigenvalue weighted by Gasteiger charge is 2.19. The summed E-state index contributed by atoms with van der Waals surface area (Å²) in [6.45, 7) is 13.1. The molecule has 3 rings (SSSR count). The van der Waals surface area contributed by atoms with Crippen molar-refractivity contribution in [3.63, 3.8) is 0 Å². The summed E-state index contributed by atoms with van der Waals surface area (Å²) in [5.41, 5.74) is 5.81. The Morgan fingerprint density at radius 3 is 2.29 bits per heavy atom. The Bertz CT molecular complexity index is 902. The van der Waals surface area contributed by atoms with Gasteiger partial charge in [-0.15, -0.1) is 0 Å². The minimum atomic E-state index is 0.246. The summed E-state index contributed by atoms with van der Waals surface area (Å²) < 4.78 is 3.83. The lowest BCUT2D eigenvalue weighted by atomic mass is 10.2. The summed E-state index contributed by atoms with van der Waals surface area (Å²) in [6.07, 6.45) is 0. The van der Waals surface area contributed by atoms with Gasteiger partial charge in [0.15, 0.2) is 5.82 Å². The Morgan fingerprint density at radius 1 is 1.04 bits per heavy atom. The molecule has 0 bridgehead atoms. The first kappa shape index (κ1) is 16.4. The standard InChI is InChI=1S/C17H25N7/c1-8-24-15-14(11(5)22-24)19-16(9(2)3)20-17(15)18-13-10(4)21-23(7)12(13)6/h9H,8H2,1-7H3,(H,18,19,20). The smallest absolute Gasteiger partial charge is 0.160 e. The lowest BCUT2D eigenvalue weighted by Crippen LogP contribution is -2.07. The largest absolute Gasteiger partial charge is 0.335 e. The van der Waals surface area contributed by atoms with E-state index in [0.717, 1.165) is 52.0 Å². The number of hydrogen-bond donors (Lipinski definition) is 1. The van der Waals surface area contributed by atoms with Crippen molar-refractivity contribution in [2.75, 3.05) is 5.32 Å². The monoisotopic (exact) mass is 327 g/mol. The third kappa shape index (κ3) is 2.53. The highest BCUT2D eigenvalue weighted by molar-refractivity contribution is 5.89. The number of nitrogens with one attached hydrogen (secondary N) is 1. The molecule has 0 amide bonds. The van der Waals surface area contributed by atoms with Crippen LogP contribution in [-0.2, 0) is 13.6 Å². The molecule has 7 nitrogen and oxygen atoms in total. The van der Waals surface area contributed by atoms with Crippen LogP contribution in [0, 0.1) is 20.8 Å². The molecule has 0 radical (unpaired) electrons. The van der Waals surface area contributed by atoms with E-state index >= 15 is 0 Å². The summed E-state index contributed by atoms with van der Waals surface area (Å²) in [7, 11) is 1.95. The Labute approximate surface area is 142 Å². The van der Waals surface area contributed by atoms with Gasteiger partial charge in [-0.2, -0.15) is 10.2 Å². The Balaban J connectivity index is 2.24. The minimum absolute atomic E-state index is 0.246. The number of rotatable bonds is 4. The Kier molecular flexibility index (Phi) is 4.03. The second-order valence-electron chi connectivity index (χ2n) is 6.48. The molecule has 0 aliphatic heterocycles. The highest BCUT2D eigenvalue weighted by atomic mass is 15.3. The van der Waals surface area contributed by atoms with Crippen LogP contribution in [0.25, 0.3) is 11.0 Å². The van der Waals surface area contributed by atoms with Crippen molar-refractivity contribution >= 4 is 22.5 Å². The van der Waals surface area contributed by atoms with Gasteiger partial charge in [-0.25, -0.2) is 9.97 Å². The molecular formula is C17H25N7. The van der Waals surface area contributed by atoms with Crippen molar-refractivity contribution in [1.82, 2.24) is 29.5 Å². The number of hydrogen-bond acceptors (Lipinski definition) is 5. The molecule has 1 N–H and O–H groups in total. The summed E-state index contributed by atoms with van der Waals surface area (Å²) in [5, 5.41) is 12.6. The predicted octanol–water partition coefficient (Wildman–Crippen LogP) is 3.37. The topological polar surface area (TPSA) is 73.5 Å². The van der Waals surface area contributed by atoms with Crippen LogP contribution in [-0.4, -0.2) is 29.5 Å². The lowest BCUT2D eigenvalue weighted by molar-refractivity contribution is 0.675. The first-order valence-corrected chi connectivity index (χ1v) is 8.35. The van der Waals surface area contributed by atoms with Crippen molar-refractivity contribution in [2.24, 2.45) is 7.05 Å². The van der Waals surface area contributed by atoms with Gasteiger partial charge in [0.25, 0.3) is 0 Å². The van der Waals surface area contributed by atoms with E-state index in [1.807, 2.05) is 37.2 Å². The van der Waals surface area contributed by atoms with E-state index in [1.165, 1.54) is 0 Å².